The highest BCUT2D eigenvalue weighted by atomic mass is 32.2. The Morgan fingerprint density at radius 2 is 1.83 bits per heavy atom. The number of guanidine groups is 1. The molecule has 1 aliphatic heterocycles. The second-order valence-electron chi connectivity index (χ2n) is 6.03. The second kappa shape index (κ2) is 8.92. The molecule has 1 saturated heterocycles. The van der Waals surface area contributed by atoms with Gasteiger partial charge in [-0.1, -0.05) is 18.2 Å². The van der Waals surface area contributed by atoms with Crippen molar-refractivity contribution in [2.45, 2.75) is 13.3 Å². The van der Waals surface area contributed by atoms with Gasteiger partial charge in [0.2, 0.25) is 0 Å². The molecule has 1 heterocycles. The average molecular weight is 353 g/mol. The van der Waals surface area contributed by atoms with Crippen LogP contribution in [0.15, 0.2) is 35.3 Å². The van der Waals surface area contributed by atoms with E-state index in [1.165, 1.54) is 11.9 Å². The standard InChI is InChI=1S/C17H28N4O2S/c1-3-18-17(19-10-7-15-24(2,22)23)21-13-11-20(12-14-21)16-8-5-4-6-9-16/h4-6,8-9H,3,7,10-15H2,1-2H3,(H,18,19). The molecule has 0 atom stereocenters. The molecule has 134 valence electrons. The number of aliphatic imine (C=N–C) groups is 1. The minimum absolute atomic E-state index is 0.192. The fourth-order valence-corrected chi connectivity index (χ4v) is 3.41. The van der Waals surface area contributed by atoms with Gasteiger partial charge in [0, 0.05) is 51.2 Å². The molecule has 1 aromatic rings. The molecule has 1 N–H and O–H groups in total. The van der Waals surface area contributed by atoms with Gasteiger partial charge >= 0.3 is 0 Å². The number of benzene rings is 1. The Labute approximate surface area is 145 Å². The van der Waals surface area contributed by atoms with Gasteiger partial charge in [0.25, 0.3) is 0 Å². The predicted octanol–water partition coefficient (Wildman–Crippen LogP) is 1.21. The lowest BCUT2D eigenvalue weighted by Crippen LogP contribution is -2.52. The molecule has 0 aliphatic carbocycles. The summed E-state index contributed by atoms with van der Waals surface area (Å²) in [4.78, 5) is 9.22. The van der Waals surface area contributed by atoms with Gasteiger partial charge in [0.15, 0.2) is 5.96 Å². The summed E-state index contributed by atoms with van der Waals surface area (Å²) in [5.74, 6) is 1.08. The molecular weight excluding hydrogens is 324 g/mol. The van der Waals surface area contributed by atoms with Crippen LogP contribution in [0.2, 0.25) is 0 Å². The summed E-state index contributed by atoms with van der Waals surface area (Å²) in [6.45, 7) is 7.12. The molecule has 6 nitrogen and oxygen atoms in total. The molecule has 0 radical (unpaired) electrons. The fourth-order valence-electron chi connectivity index (χ4n) is 2.75. The molecule has 1 aliphatic rings. The summed E-state index contributed by atoms with van der Waals surface area (Å²) >= 11 is 0. The summed E-state index contributed by atoms with van der Waals surface area (Å²) in [6, 6.07) is 10.4. The van der Waals surface area contributed by atoms with E-state index in [2.05, 4.69) is 44.4 Å². The van der Waals surface area contributed by atoms with Gasteiger partial charge in [-0.05, 0) is 25.5 Å². The minimum atomic E-state index is -2.91. The number of sulfone groups is 1. The Kier molecular flexibility index (Phi) is 6.90. The highest BCUT2D eigenvalue weighted by Gasteiger charge is 2.19. The van der Waals surface area contributed by atoms with Crippen LogP contribution in [0, 0.1) is 0 Å². The Morgan fingerprint density at radius 1 is 1.17 bits per heavy atom. The first-order valence-corrected chi connectivity index (χ1v) is 10.6. The topological polar surface area (TPSA) is 65.0 Å². The molecule has 0 bridgehead atoms. The number of nitrogens with zero attached hydrogens (tertiary/aromatic N) is 3. The van der Waals surface area contributed by atoms with Crippen molar-refractivity contribution in [2.75, 3.05) is 56.2 Å². The van der Waals surface area contributed by atoms with Crippen molar-refractivity contribution in [3.8, 4) is 0 Å². The van der Waals surface area contributed by atoms with Crippen molar-refractivity contribution in [1.29, 1.82) is 0 Å². The highest BCUT2D eigenvalue weighted by Crippen LogP contribution is 2.15. The van der Waals surface area contributed by atoms with Crippen LogP contribution in [0.5, 0.6) is 0 Å². The minimum Gasteiger partial charge on any atom is -0.368 e. The number of para-hydroxylation sites is 1. The van der Waals surface area contributed by atoms with Gasteiger partial charge < -0.3 is 15.1 Å². The van der Waals surface area contributed by atoms with Gasteiger partial charge in [-0.25, -0.2) is 8.42 Å². The molecule has 0 amide bonds. The van der Waals surface area contributed by atoms with E-state index in [1.807, 2.05) is 13.0 Å². The van der Waals surface area contributed by atoms with Crippen molar-refractivity contribution >= 4 is 21.5 Å². The number of rotatable bonds is 6. The lowest BCUT2D eigenvalue weighted by atomic mass is 10.2. The quantitative estimate of drug-likeness (QED) is 0.474. The van der Waals surface area contributed by atoms with Crippen molar-refractivity contribution in [3.63, 3.8) is 0 Å². The first-order valence-electron chi connectivity index (χ1n) is 8.50. The smallest absolute Gasteiger partial charge is 0.194 e. The molecule has 1 aromatic carbocycles. The third-order valence-electron chi connectivity index (χ3n) is 3.97. The van der Waals surface area contributed by atoms with E-state index in [1.54, 1.807) is 0 Å². The molecule has 0 aromatic heterocycles. The number of anilines is 1. The van der Waals surface area contributed by atoms with Gasteiger partial charge in [0.05, 0.1) is 5.75 Å². The zero-order chi connectivity index (χ0) is 17.4. The zero-order valence-corrected chi connectivity index (χ0v) is 15.4. The fraction of sp³-hybridized carbons (Fsp3) is 0.588. The van der Waals surface area contributed by atoms with Gasteiger partial charge in [0.1, 0.15) is 9.84 Å². The first-order chi connectivity index (χ1) is 11.5. The third-order valence-corrected chi connectivity index (χ3v) is 5.00. The largest absolute Gasteiger partial charge is 0.368 e. The maximum Gasteiger partial charge on any atom is 0.194 e. The van der Waals surface area contributed by atoms with Gasteiger partial charge in [-0.2, -0.15) is 0 Å². The molecule has 0 saturated carbocycles. The average Bonchev–Trinajstić information content (AvgIpc) is 2.58. The molecule has 2 rings (SSSR count). The molecule has 7 heteroatoms. The van der Waals surface area contributed by atoms with Crippen molar-refractivity contribution in [3.05, 3.63) is 30.3 Å². The van der Waals surface area contributed by atoms with Crippen LogP contribution in [0.1, 0.15) is 13.3 Å². The van der Waals surface area contributed by atoms with E-state index in [0.29, 0.717) is 13.0 Å². The van der Waals surface area contributed by atoms with Crippen molar-refractivity contribution in [2.24, 2.45) is 4.99 Å². The number of nitrogens with one attached hydrogen (secondary N) is 1. The van der Waals surface area contributed by atoms with E-state index in [9.17, 15) is 8.42 Å². The van der Waals surface area contributed by atoms with Crippen LogP contribution >= 0.6 is 0 Å². The number of hydrogen-bond donors (Lipinski definition) is 1. The highest BCUT2D eigenvalue weighted by molar-refractivity contribution is 7.90. The summed E-state index contributed by atoms with van der Waals surface area (Å²) in [5.41, 5.74) is 1.26. The molecule has 0 unspecified atom stereocenters. The Morgan fingerprint density at radius 3 is 2.42 bits per heavy atom. The van der Waals surface area contributed by atoms with Crippen LogP contribution < -0.4 is 10.2 Å². The maximum atomic E-state index is 11.2. The summed E-state index contributed by atoms with van der Waals surface area (Å²) < 4.78 is 22.4. The first kappa shape index (κ1) is 18.6. The van der Waals surface area contributed by atoms with Crippen LogP contribution in [0.25, 0.3) is 0 Å². The van der Waals surface area contributed by atoms with Crippen LogP contribution in [-0.4, -0.2) is 70.6 Å². The summed E-state index contributed by atoms with van der Waals surface area (Å²) in [5, 5.41) is 3.31. The monoisotopic (exact) mass is 352 g/mol. The summed E-state index contributed by atoms with van der Waals surface area (Å²) in [6.07, 6.45) is 1.84. The zero-order valence-electron chi connectivity index (χ0n) is 14.6. The maximum absolute atomic E-state index is 11.2. The summed E-state index contributed by atoms with van der Waals surface area (Å²) in [7, 11) is -2.91. The van der Waals surface area contributed by atoms with Crippen LogP contribution in [0.3, 0.4) is 0 Å². The van der Waals surface area contributed by atoms with E-state index in [0.717, 1.165) is 38.7 Å². The third kappa shape index (κ3) is 6.03. The normalized spacial score (nSPS) is 16.3. The van der Waals surface area contributed by atoms with Gasteiger partial charge in [-0.15, -0.1) is 0 Å². The Bertz CT molecular complexity index is 623. The van der Waals surface area contributed by atoms with E-state index in [-0.39, 0.29) is 5.75 Å². The van der Waals surface area contributed by atoms with Crippen molar-refractivity contribution < 1.29 is 8.42 Å². The molecule has 1 fully saturated rings. The predicted molar refractivity (Wildman–Crippen MR) is 101 cm³/mol. The van der Waals surface area contributed by atoms with E-state index < -0.39 is 9.84 Å². The lowest BCUT2D eigenvalue weighted by molar-refractivity contribution is 0.372. The molecule has 24 heavy (non-hydrogen) atoms. The molecule has 0 spiro atoms. The Hall–Kier alpha value is -1.76. The Balaban J connectivity index is 1.88. The lowest BCUT2D eigenvalue weighted by Gasteiger charge is -2.37. The van der Waals surface area contributed by atoms with Crippen molar-refractivity contribution in [1.82, 2.24) is 10.2 Å². The van der Waals surface area contributed by atoms with Crippen LogP contribution in [-0.2, 0) is 9.84 Å². The van der Waals surface area contributed by atoms with E-state index >= 15 is 0 Å². The SMILES string of the molecule is CCNC(=NCCCS(C)(=O)=O)N1CCN(c2ccccc2)CC1. The molecular formula is C17H28N4O2S. The number of piperazine rings is 1. The second-order valence-corrected chi connectivity index (χ2v) is 8.29. The van der Waals surface area contributed by atoms with Crippen LogP contribution in [0.4, 0.5) is 5.69 Å². The van der Waals surface area contributed by atoms with Gasteiger partial charge in [-0.3, -0.25) is 4.99 Å². The number of hydrogen-bond acceptors (Lipinski definition) is 4. The van der Waals surface area contributed by atoms with E-state index in [4.69, 9.17) is 0 Å².